The molecule has 3 N–H and O–H groups in total. The highest BCUT2D eigenvalue weighted by Gasteiger charge is 2.20. The summed E-state index contributed by atoms with van der Waals surface area (Å²) in [5.41, 5.74) is 7.76. The number of benzene rings is 1. The average molecular weight is 369 g/mol. The van der Waals surface area contributed by atoms with Crippen LogP contribution in [0.1, 0.15) is 25.6 Å². The number of thiophene rings is 1. The summed E-state index contributed by atoms with van der Waals surface area (Å²) in [7, 11) is 1.30. The van der Waals surface area contributed by atoms with Gasteiger partial charge in [0, 0.05) is 10.2 Å². The zero-order valence-electron chi connectivity index (χ0n) is 11.4. The molecular weight excluding hydrogens is 356 g/mol. The van der Waals surface area contributed by atoms with Gasteiger partial charge in [0.2, 0.25) is 0 Å². The lowest BCUT2D eigenvalue weighted by molar-refractivity contribution is 0.0607. The van der Waals surface area contributed by atoms with E-state index in [4.69, 9.17) is 10.5 Å². The molecule has 1 aromatic heterocycles. The average Bonchev–Trinajstić information content (AvgIpc) is 2.82. The number of nitrogens with two attached hydrogens (primary N) is 1. The minimum atomic E-state index is -0.481. The molecule has 1 amide bonds. The maximum atomic E-state index is 12.3. The van der Waals surface area contributed by atoms with E-state index in [1.54, 1.807) is 23.6 Å². The van der Waals surface area contributed by atoms with Gasteiger partial charge in [0.1, 0.15) is 4.88 Å². The van der Waals surface area contributed by atoms with Gasteiger partial charge in [-0.3, -0.25) is 4.79 Å². The van der Waals surface area contributed by atoms with E-state index in [2.05, 4.69) is 21.2 Å². The normalized spacial score (nSPS) is 10.2. The molecule has 0 atom stereocenters. The van der Waals surface area contributed by atoms with Gasteiger partial charge in [-0.05, 0) is 36.1 Å². The van der Waals surface area contributed by atoms with Crippen molar-refractivity contribution in [2.24, 2.45) is 0 Å². The standard InChI is InChI=1S/C14H13BrN2O3S/c1-7-6-21-12(14(19)20-2)11(7)17-13(18)9-5-8(15)3-4-10(9)16/h3-6H,16H2,1-2H3,(H,17,18). The topological polar surface area (TPSA) is 81.4 Å². The number of esters is 1. The minimum Gasteiger partial charge on any atom is -0.465 e. The monoisotopic (exact) mass is 368 g/mol. The first-order valence-corrected chi connectivity index (χ1v) is 7.64. The van der Waals surface area contributed by atoms with E-state index < -0.39 is 5.97 Å². The third-order valence-electron chi connectivity index (χ3n) is 2.84. The third kappa shape index (κ3) is 3.25. The second-order valence-electron chi connectivity index (χ2n) is 4.30. The van der Waals surface area contributed by atoms with Gasteiger partial charge in [0.05, 0.1) is 18.4 Å². The molecule has 2 aromatic rings. The largest absolute Gasteiger partial charge is 0.465 e. The molecule has 1 aromatic carbocycles. The quantitative estimate of drug-likeness (QED) is 0.642. The first-order valence-electron chi connectivity index (χ1n) is 5.96. The van der Waals surface area contributed by atoms with E-state index in [1.807, 2.05) is 6.92 Å². The molecular formula is C14H13BrN2O3S. The van der Waals surface area contributed by atoms with Gasteiger partial charge in [-0.25, -0.2) is 4.79 Å². The highest BCUT2D eigenvalue weighted by molar-refractivity contribution is 9.10. The molecule has 2 rings (SSSR count). The fourth-order valence-corrected chi connectivity index (χ4v) is 3.03. The molecule has 0 fully saturated rings. The molecule has 0 aliphatic rings. The van der Waals surface area contributed by atoms with E-state index >= 15 is 0 Å². The lowest BCUT2D eigenvalue weighted by Gasteiger charge is -2.09. The second kappa shape index (κ2) is 6.28. The smallest absolute Gasteiger partial charge is 0.350 e. The first kappa shape index (κ1) is 15.5. The first-order chi connectivity index (χ1) is 9.93. The number of hydrogen-bond acceptors (Lipinski definition) is 5. The minimum absolute atomic E-state index is 0.339. The zero-order valence-corrected chi connectivity index (χ0v) is 13.8. The summed E-state index contributed by atoms with van der Waals surface area (Å²) in [5, 5.41) is 4.51. The number of aryl methyl sites for hydroxylation is 1. The summed E-state index contributed by atoms with van der Waals surface area (Å²) in [4.78, 5) is 24.4. The lowest BCUT2D eigenvalue weighted by atomic mass is 10.1. The summed E-state index contributed by atoms with van der Waals surface area (Å²) < 4.78 is 5.46. The maximum absolute atomic E-state index is 12.3. The number of ether oxygens (including phenoxy) is 1. The van der Waals surface area contributed by atoms with Gasteiger partial charge in [-0.2, -0.15) is 0 Å². The van der Waals surface area contributed by atoms with Gasteiger partial charge < -0.3 is 15.8 Å². The van der Waals surface area contributed by atoms with E-state index in [0.717, 1.165) is 10.0 Å². The SMILES string of the molecule is COC(=O)c1scc(C)c1NC(=O)c1cc(Br)ccc1N. The van der Waals surface area contributed by atoms with Gasteiger partial charge in [-0.1, -0.05) is 15.9 Å². The Balaban J connectivity index is 2.34. The van der Waals surface area contributed by atoms with Crippen molar-refractivity contribution < 1.29 is 14.3 Å². The van der Waals surface area contributed by atoms with Crippen molar-refractivity contribution in [2.75, 3.05) is 18.2 Å². The molecule has 110 valence electrons. The Kier molecular flexibility index (Phi) is 4.64. The molecule has 0 saturated carbocycles. The number of carbonyl (C=O) groups is 2. The molecule has 5 nitrogen and oxygen atoms in total. The molecule has 0 bridgehead atoms. The second-order valence-corrected chi connectivity index (χ2v) is 6.10. The molecule has 0 radical (unpaired) electrons. The Morgan fingerprint density at radius 2 is 2.10 bits per heavy atom. The number of anilines is 2. The Bertz CT molecular complexity index is 712. The number of nitrogen functional groups attached to an aromatic ring is 1. The Morgan fingerprint density at radius 1 is 1.38 bits per heavy atom. The predicted molar refractivity (Wildman–Crippen MR) is 86.9 cm³/mol. The predicted octanol–water partition coefficient (Wildman–Crippen LogP) is 3.44. The van der Waals surface area contributed by atoms with Crippen molar-refractivity contribution in [1.29, 1.82) is 0 Å². The van der Waals surface area contributed by atoms with Crippen LogP contribution < -0.4 is 11.1 Å². The molecule has 7 heteroatoms. The van der Waals surface area contributed by atoms with Crippen LogP contribution in [0.5, 0.6) is 0 Å². The summed E-state index contributed by atoms with van der Waals surface area (Å²) in [5.74, 6) is -0.855. The van der Waals surface area contributed by atoms with Crippen molar-refractivity contribution >= 4 is 50.5 Å². The van der Waals surface area contributed by atoms with Crippen LogP contribution in [0.15, 0.2) is 28.1 Å². The highest BCUT2D eigenvalue weighted by Crippen LogP contribution is 2.29. The van der Waals surface area contributed by atoms with Gasteiger partial charge in [0.25, 0.3) is 5.91 Å². The summed E-state index contributed by atoms with van der Waals surface area (Å²) in [6.07, 6.45) is 0. The van der Waals surface area contributed by atoms with Gasteiger partial charge >= 0.3 is 5.97 Å². The van der Waals surface area contributed by atoms with Crippen LogP contribution in [0.4, 0.5) is 11.4 Å². The van der Waals surface area contributed by atoms with Crippen molar-refractivity contribution in [3.8, 4) is 0 Å². The Morgan fingerprint density at radius 3 is 2.76 bits per heavy atom. The summed E-state index contributed by atoms with van der Waals surface area (Å²) in [6, 6.07) is 5.02. The van der Waals surface area contributed by atoms with Crippen LogP contribution in [-0.2, 0) is 4.74 Å². The molecule has 1 heterocycles. The lowest BCUT2D eigenvalue weighted by Crippen LogP contribution is -2.16. The van der Waals surface area contributed by atoms with Crippen LogP contribution in [-0.4, -0.2) is 19.0 Å². The fraction of sp³-hybridized carbons (Fsp3) is 0.143. The molecule has 0 aliphatic carbocycles. The van der Waals surface area contributed by atoms with Crippen molar-refractivity contribution in [2.45, 2.75) is 6.92 Å². The number of nitrogens with one attached hydrogen (secondary N) is 1. The van der Waals surface area contributed by atoms with Gasteiger partial charge in [-0.15, -0.1) is 11.3 Å². The molecule has 0 unspecified atom stereocenters. The van der Waals surface area contributed by atoms with Crippen LogP contribution in [0.25, 0.3) is 0 Å². The Hall–Kier alpha value is -1.86. The van der Waals surface area contributed by atoms with Crippen LogP contribution in [0.3, 0.4) is 0 Å². The number of rotatable bonds is 3. The number of methoxy groups -OCH3 is 1. The summed E-state index contributed by atoms with van der Waals surface area (Å²) >= 11 is 4.52. The fourth-order valence-electron chi connectivity index (χ4n) is 1.75. The maximum Gasteiger partial charge on any atom is 0.350 e. The molecule has 0 saturated heterocycles. The zero-order chi connectivity index (χ0) is 15.6. The van der Waals surface area contributed by atoms with Crippen molar-refractivity contribution in [3.05, 3.63) is 44.1 Å². The highest BCUT2D eigenvalue weighted by atomic mass is 79.9. The van der Waals surface area contributed by atoms with Crippen molar-refractivity contribution in [3.63, 3.8) is 0 Å². The van der Waals surface area contributed by atoms with E-state index in [-0.39, 0.29) is 5.91 Å². The molecule has 0 aliphatic heterocycles. The number of halogens is 1. The molecule has 0 spiro atoms. The van der Waals surface area contributed by atoms with Gasteiger partial charge in [0.15, 0.2) is 0 Å². The van der Waals surface area contributed by atoms with E-state index in [1.165, 1.54) is 18.4 Å². The van der Waals surface area contributed by atoms with Crippen LogP contribution >= 0.6 is 27.3 Å². The van der Waals surface area contributed by atoms with Crippen LogP contribution in [0, 0.1) is 6.92 Å². The number of carbonyl (C=O) groups excluding carboxylic acids is 2. The van der Waals surface area contributed by atoms with Crippen LogP contribution in [0.2, 0.25) is 0 Å². The van der Waals surface area contributed by atoms with E-state index in [9.17, 15) is 9.59 Å². The molecule has 21 heavy (non-hydrogen) atoms. The Labute approximate surface area is 134 Å². The number of amides is 1. The third-order valence-corrected chi connectivity index (χ3v) is 4.42. The van der Waals surface area contributed by atoms with Crippen molar-refractivity contribution in [1.82, 2.24) is 0 Å². The summed E-state index contributed by atoms with van der Waals surface area (Å²) in [6.45, 7) is 1.81. The van der Waals surface area contributed by atoms with E-state index in [0.29, 0.717) is 21.8 Å². The number of hydrogen-bond donors (Lipinski definition) is 2.